The van der Waals surface area contributed by atoms with E-state index in [0.29, 0.717) is 31.1 Å². The minimum atomic E-state index is -0.209. The van der Waals surface area contributed by atoms with Gasteiger partial charge in [-0.15, -0.1) is 0 Å². The number of carbonyl (C=O) groups is 1. The summed E-state index contributed by atoms with van der Waals surface area (Å²) in [5.41, 5.74) is 2.07. The van der Waals surface area contributed by atoms with Crippen LogP contribution >= 0.6 is 12.2 Å². The molecule has 0 bridgehead atoms. The summed E-state index contributed by atoms with van der Waals surface area (Å²) in [7, 11) is 3.11. The highest BCUT2D eigenvalue weighted by atomic mass is 32.1. The first-order valence-electron chi connectivity index (χ1n) is 9.34. The molecule has 0 aromatic carbocycles. The monoisotopic (exact) mass is 402 g/mol. The molecular weight excluding hydrogens is 376 g/mol. The molecule has 2 aromatic heterocycles. The van der Waals surface area contributed by atoms with Crippen LogP contribution in [-0.2, 0) is 20.8 Å². The van der Waals surface area contributed by atoms with E-state index in [0.717, 1.165) is 17.9 Å². The molecular formula is C20H26N4O3S. The van der Waals surface area contributed by atoms with Crippen molar-refractivity contribution in [3.05, 3.63) is 54.1 Å². The number of methoxy groups -OCH3 is 2. The second-order valence-corrected chi connectivity index (χ2v) is 7.01. The maximum absolute atomic E-state index is 11.5. The van der Waals surface area contributed by atoms with Gasteiger partial charge in [0.1, 0.15) is 0 Å². The number of carbonyl (C=O) groups excluding carboxylic acids is 1. The molecule has 0 spiro atoms. The quantitative estimate of drug-likeness (QED) is 0.510. The van der Waals surface area contributed by atoms with E-state index in [2.05, 4.69) is 32.0 Å². The van der Waals surface area contributed by atoms with Gasteiger partial charge in [-0.05, 0) is 42.9 Å². The number of esters is 1. The Hall–Kier alpha value is -2.45. The third kappa shape index (κ3) is 4.51. The van der Waals surface area contributed by atoms with Gasteiger partial charge in [0.15, 0.2) is 5.11 Å². The van der Waals surface area contributed by atoms with Gasteiger partial charge >= 0.3 is 5.97 Å². The molecule has 0 amide bonds. The van der Waals surface area contributed by atoms with Gasteiger partial charge in [0.05, 0.1) is 31.5 Å². The Morgan fingerprint density at radius 2 is 2.11 bits per heavy atom. The van der Waals surface area contributed by atoms with Crippen molar-refractivity contribution in [1.82, 2.24) is 19.8 Å². The Balaban J connectivity index is 1.88. The van der Waals surface area contributed by atoms with Crippen LogP contribution in [0.3, 0.4) is 0 Å². The fourth-order valence-electron chi connectivity index (χ4n) is 3.55. The van der Waals surface area contributed by atoms with E-state index in [1.54, 1.807) is 13.3 Å². The molecule has 1 aliphatic rings. The molecule has 150 valence electrons. The molecule has 3 heterocycles. The highest BCUT2D eigenvalue weighted by Crippen LogP contribution is 2.38. The molecule has 1 saturated heterocycles. The Kier molecular flexibility index (Phi) is 7.00. The summed E-state index contributed by atoms with van der Waals surface area (Å²) in [6, 6.07) is 9.95. The molecule has 2 atom stereocenters. The minimum Gasteiger partial charge on any atom is -0.469 e. The summed E-state index contributed by atoms with van der Waals surface area (Å²) in [6.45, 7) is 2.04. The van der Waals surface area contributed by atoms with Gasteiger partial charge in [-0.25, -0.2) is 0 Å². The van der Waals surface area contributed by atoms with Crippen LogP contribution in [0.15, 0.2) is 42.7 Å². The van der Waals surface area contributed by atoms with Gasteiger partial charge < -0.3 is 24.3 Å². The zero-order chi connectivity index (χ0) is 19.9. The van der Waals surface area contributed by atoms with Crippen LogP contribution in [0.25, 0.3) is 0 Å². The van der Waals surface area contributed by atoms with E-state index >= 15 is 0 Å². The van der Waals surface area contributed by atoms with Crippen LogP contribution < -0.4 is 5.32 Å². The lowest BCUT2D eigenvalue weighted by molar-refractivity contribution is -0.140. The summed E-state index contributed by atoms with van der Waals surface area (Å²) >= 11 is 5.64. The van der Waals surface area contributed by atoms with Crippen molar-refractivity contribution in [2.75, 3.05) is 27.4 Å². The number of hydrogen-bond donors (Lipinski definition) is 1. The second kappa shape index (κ2) is 9.66. The van der Waals surface area contributed by atoms with Crippen LogP contribution in [0.2, 0.25) is 0 Å². The first kappa shape index (κ1) is 20.3. The summed E-state index contributed by atoms with van der Waals surface area (Å²) < 4.78 is 12.2. The summed E-state index contributed by atoms with van der Waals surface area (Å²) in [6.07, 6.45) is 4.87. The Bertz CT molecular complexity index is 796. The molecule has 0 aliphatic carbocycles. The Morgan fingerprint density at radius 1 is 1.25 bits per heavy atom. The fourth-order valence-corrected chi connectivity index (χ4v) is 3.88. The van der Waals surface area contributed by atoms with Gasteiger partial charge in [-0.1, -0.05) is 6.07 Å². The first-order valence-corrected chi connectivity index (χ1v) is 9.75. The van der Waals surface area contributed by atoms with Crippen molar-refractivity contribution in [3.63, 3.8) is 0 Å². The predicted molar refractivity (Wildman–Crippen MR) is 110 cm³/mol. The molecule has 3 rings (SSSR count). The van der Waals surface area contributed by atoms with Crippen molar-refractivity contribution in [2.45, 2.75) is 31.5 Å². The fraction of sp³-hybridized carbons (Fsp3) is 0.450. The molecule has 7 nitrogen and oxygen atoms in total. The summed E-state index contributed by atoms with van der Waals surface area (Å²) in [4.78, 5) is 18.2. The number of ether oxygens (including phenoxy) is 2. The smallest absolute Gasteiger partial charge is 0.305 e. The molecule has 0 saturated carbocycles. The molecule has 0 radical (unpaired) electrons. The largest absolute Gasteiger partial charge is 0.469 e. The van der Waals surface area contributed by atoms with Gasteiger partial charge in [-0.2, -0.15) is 0 Å². The topological polar surface area (TPSA) is 68.6 Å². The second-order valence-electron chi connectivity index (χ2n) is 6.62. The lowest BCUT2D eigenvalue weighted by Gasteiger charge is -2.28. The maximum Gasteiger partial charge on any atom is 0.305 e. The number of nitrogens with one attached hydrogen (secondary N) is 1. The highest BCUT2D eigenvalue weighted by Gasteiger charge is 2.40. The van der Waals surface area contributed by atoms with Gasteiger partial charge in [0.2, 0.25) is 0 Å². The van der Waals surface area contributed by atoms with Crippen LogP contribution in [0.5, 0.6) is 0 Å². The maximum atomic E-state index is 11.5. The van der Waals surface area contributed by atoms with E-state index < -0.39 is 0 Å². The summed E-state index contributed by atoms with van der Waals surface area (Å²) in [5, 5.41) is 4.10. The number of aromatic nitrogens is 2. The molecule has 1 fully saturated rings. The van der Waals surface area contributed by atoms with Gasteiger partial charge in [0, 0.05) is 44.7 Å². The standard InChI is InChI=1S/C20H26N4O3S/c1-26-14-13-23-11-5-8-16(23)19-18(15-7-3-4-10-21-15)22-20(28)24(19)12-6-9-17(25)27-2/h3-5,7-8,10-11,18-19H,6,9,12-14H2,1-2H3,(H,22,28)/t18-,19+/m0/s1. The van der Waals surface area contributed by atoms with E-state index in [1.807, 2.05) is 24.3 Å². The molecule has 2 aromatic rings. The molecule has 1 N–H and O–H groups in total. The van der Waals surface area contributed by atoms with Crippen molar-refractivity contribution in [1.29, 1.82) is 0 Å². The highest BCUT2D eigenvalue weighted by molar-refractivity contribution is 7.80. The lowest BCUT2D eigenvalue weighted by Crippen LogP contribution is -2.32. The number of pyridine rings is 1. The average molecular weight is 403 g/mol. The number of nitrogens with zero attached hydrogens (tertiary/aromatic N) is 3. The zero-order valence-electron chi connectivity index (χ0n) is 16.2. The number of hydrogen-bond acceptors (Lipinski definition) is 5. The SMILES string of the molecule is COCCn1cccc1[C@@H]1[C@H](c2ccccn2)NC(=S)N1CCCC(=O)OC. The van der Waals surface area contributed by atoms with Crippen LogP contribution in [-0.4, -0.2) is 52.9 Å². The van der Waals surface area contributed by atoms with E-state index in [9.17, 15) is 4.79 Å². The van der Waals surface area contributed by atoms with Crippen molar-refractivity contribution >= 4 is 23.3 Å². The Morgan fingerprint density at radius 3 is 2.82 bits per heavy atom. The zero-order valence-corrected chi connectivity index (χ0v) is 17.0. The van der Waals surface area contributed by atoms with Crippen LogP contribution in [0, 0.1) is 0 Å². The van der Waals surface area contributed by atoms with Crippen molar-refractivity contribution in [3.8, 4) is 0 Å². The van der Waals surface area contributed by atoms with Gasteiger partial charge in [0.25, 0.3) is 0 Å². The predicted octanol–water partition coefficient (Wildman–Crippen LogP) is 2.46. The lowest BCUT2D eigenvalue weighted by atomic mass is 10.0. The van der Waals surface area contributed by atoms with Crippen molar-refractivity contribution < 1.29 is 14.3 Å². The van der Waals surface area contributed by atoms with Gasteiger partial charge in [-0.3, -0.25) is 9.78 Å². The molecule has 28 heavy (non-hydrogen) atoms. The molecule has 1 aliphatic heterocycles. The van der Waals surface area contributed by atoms with Crippen molar-refractivity contribution in [2.24, 2.45) is 0 Å². The number of rotatable bonds is 9. The minimum absolute atomic E-state index is 0.0214. The van der Waals surface area contributed by atoms with Crippen LogP contribution in [0.1, 0.15) is 36.3 Å². The van der Waals surface area contributed by atoms with Crippen LogP contribution in [0.4, 0.5) is 0 Å². The third-order valence-electron chi connectivity index (χ3n) is 4.91. The number of thiocarbonyl (C=S) groups is 1. The third-order valence-corrected chi connectivity index (χ3v) is 5.26. The van der Waals surface area contributed by atoms with E-state index in [-0.39, 0.29) is 18.1 Å². The Labute approximate surface area is 170 Å². The average Bonchev–Trinajstić information content (AvgIpc) is 3.31. The summed E-state index contributed by atoms with van der Waals surface area (Å²) in [5.74, 6) is -0.209. The van der Waals surface area contributed by atoms with E-state index in [4.69, 9.17) is 21.7 Å². The first-order chi connectivity index (χ1) is 13.7. The molecule has 8 heteroatoms. The normalized spacial score (nSPS) is 18.9. The van der Waals surface area contributed by atoms with E-state index in [1.165, 1.54) is 7.11 Å². The molecule has 0 unspecified atom stereocenters.